The molecule has 0 bridgehead atoms. The molecule has 2 amide bonds. The van der Waals surface area contributed by atoms with Crippen molar-refractivity contribution >= 4 is 24.2 Å². The Bertz CT molecular complexity index is 536. The fourth-order valence-corrected chi connectivity index (χ4v) is 2.51. The van der Waals surface area contributed by atoms with Gasteiger partial charge in [-0.3, -0.25) is 9.59 Å². The van der Waals surface area contributed by atoms with Crippen LogP contribution >= 0.6 is 12.4 Å². The molecule has 2 unspecified atom stereocenters. The second-order valence-corrected chi connectivity index (χ2v) is 5.82. The molecule has 2 rings (SSSR count). The molecule has 0 aromatic heterocycles. The van der Waals surface area contributed by atoms with Crippen LogP contribution in [0.15, 0.2) is 24.3 Å². The van der Waals surface area contributed by atoms with Gasteiger partial charge in [0.2, 0.25) is 11.8 Å². The number of halogens is 1. The largest absolute Gasteiger partial charge is 0.354 e. The fraction of sp³-hybridized carbons (Fsp3) is 0.529. The Labute approximate surface area is 144 Å². The van der Waals surface area contributed by atoms with Crippen LogP contribution in [-0.2, 0) is 22.6 Å². The zero-order valence-electron chi connectivity index (χ0n) is 13.7. The summed E-state index contributed by atoms with van der Waals surface area (Å²) in [6.07, 6.45) is 1.92. The third-order valence-corrected chi connectivity index (χ3v) is 4.07. The highest BCUT2D eigenvalue weighted by atomic mass is 35.5. The third kappa shape index (κ3) is 5.84. The highest BCUT2D eigenvalue weighted by Gasteiger charge is 2.23. The molecule has 5 nitrogen and oxygen atoms in total. The van der Waals surface area contributed by atoms with Crippen LogP contribution in [-0.4, -0.2) is 30.4 Å². The Kier molecular flexibility index (Phi) is 8.06. The molecule has 6 heteroatoms. The smallest absolute Gasteiger partial charge is 0.237 e. The first-order valence-corrected chi connectivity index (χ1v) is 7.97. The van der Waals surface area contributed by atoms with E-state index in [-0.39, 0.29) is 36.3 Å². The summed E-state index contributed by atoms with van der Waals surface area (Å²) in [6, 6.07) is 8.12. The molecular formula is C17H26ClN3O2. The Morgan fingerprint density at radius 2 is 2.00 bits per heavy atom. The van der Waals surface area contributed by atoms with Crippen molar-refractivity contribution in [3.63, 3.8) is 0 Å². The summed E-state index contributed by atoms with van der Waals surface area (Å²) in [5.74, 6) is -0.0533. The summed E-state index contributed by atoms with van der Waals surface area (Å²) in [4.78, 5) is 23.8. The topological polar surface area (TPSA) is 70.2 Å². The average Bonchev–Trinajstić information content (AvgIpc) is 2.54. The molecule has 128 valence electrons. The first-order chi connectivity index (χ1) is 10.6. The fourth-order valence-electron chi connectivity index (χ4n) is 2.51. The predicted octanol–water partition coefficient (Wildman–Crippen LogP) is 1.54. The van der Waals surface area contributed by atoms with E-state index in [4.69, 9.17) is 0 Å². The summed E-state index contributed by atoms with van der Waals surface area (Å²) >= 11 is 0. The average molecular weight is 340 g/mol. The van der Waals surface area contributed by atoms with Crippen LogP contribution in [0.2, 0.25) is 0 Å². The van der Waals surface area contributed by atoms with Crippen LogP contribution in [0.4, 0.5) is 0 Å². The predicted molar refractivity (Wildman–Crippen MR) is 93.5 cm³/mol. The molecule has 0 radical (unpaired) electrons. The van der Waals surface area contributed by atoms with Gasteiger partial charge in [0, 0.05) is 25.6 Å². The summed E-state index contributed by atoms with van der Waals surface area (Å²) in [5.41, 5.74) is 2.47. The van der Waals surface area contributed by atoms with E-state index in [0.717, 1.165) is 6.42 Å². The molecule has 0 saturated heterocycles. The lowest BCUT2D eigenvalue weighted by Gasteiger charge is -2.25. The molecule has 23 heavy (non-hydrogen) atoms. The van der Waals surface area contributed by atoms with Gasteiger partial charge in [-0.05, 0) is 30.9 Å². The van der Waals surface area contributed by atoms with Crippen molar-refractivity contribution in [3.05, 3.63) is 35.4 Å². The first kappa shape index (κ1) is 19.5. The van der Waals surface area contributed by atoms with Gasteiger partial charge in [0.25, 0.3) is 0 Å². The molecule has 0 saturated carbocycles. The van der Waals surface area contributed by atoms with Gasteiger partial charge in [0.05, 0.1) is 6.04 Å². The number of amides is 2. The minimum absolute atomic E-state index is 0. The SMILES string of the molecule is CCC(C)NC(=O)CCNC(=O)C1Cc2ccccc2CN1.Cl. The number of rotatable bonds is 6. The van der Waals surface area contributed by atoms with E-state index in [1.165, 1.54) is 11.1 Å². The van der Waals surface area contributed by atoms with Crippen molar-refractivity contribution in [2.45, 2.75) is 51.7 Å². The Hall–Kier alpha value is -1.59. The molecule has 2 atom stereocenters. The number of hydrogen-bond acceptors (Lipinski definition) is 3. The van der Waals surface area contributed by atoms with Crippen LogP contribution in [0.1, 0.15) is 37.8 Å². The maximum atomic E-state index is 12.2. The number of fused-ring (bicyclic) bond motifs is 1. The highest BCUT2D eigenvalue weighted by molar-refractivity contribution is 5.85. The Balaban J connectivity index is 0.00000264. The van der Waals surface area contributed by atoms with Crippen molar-refractivity contribution in [1.82, 2.24) is 16.0 Å². The van der Waals surface area contributed by atoms with Crippen LogP contribution in [0, 0.1) is 0 Å². The van der Waals surface area contributed by atoms with E-state index in [1.54, 1.807) is 0 Å². The summed E-state index contributed by atoms with van der Waals surface area (Å²) in [5, 5.41) is 8.98. The van der Waals surface area contributed by atoms with Gasteiger partial charge < -0.3 is 16.0 Å². The van der Waals surface area contributed by atoms with Crippen molar-refractivity contribution in [3.8, 4) is 0 Å². The zero-order chi connectivity index (χ0) is 15.9. The van der Waals surface area contributed by atoms with Gasteiger partial charge in [0.1, 0.15) is 0 Å². The lowest BCUT2D eigenvalue weighted by atomic mass is 9.95. The van der Waals surface area contributed by atoms with E-state index in [1.807, 2.05) is 26.0 Å². The molecule has 0 aliphatic carbocycles. The summed E-state index contributed by atoms with van der Waals surface area (Å²) in [6.45, 7) is 5.09. The second-order valence-electron chi connectivity index (χ2n) is 5.82. The van der Waals surface area contributed by atoms with Crippen molar-refractivity contribution in [1.29, 1.82) is 0 Å². The standard InChI is InChI=1S/C17H25N3O2.ClH/c1-3-12(2)20-16(21)8-9-18-17(22)15-10-13-6-4-5-7-14(13)11-19-15;/h4-7,12,15,19H,3,8-11H2,1-2H3,(H,18,22)(H,20,21);1H. The van der Waals surface area contributed by atoms with Crippen molar-refractivity contribution in [2.24, 2.45) is 0 Å². The maximum absolute atomic E-state index is 12.2. The monoisotopic (exact) mass is 339 g/mol. The molecule has 1 heterocycles. The van der Waals surface area contributed by atoms with E-state index in [9.17, 15) is 9.59 Å². The minimum Gasteiger partial charge on any atom is -0.354 e. The minimum atomic E-state index is -0.215. The van der Waals surface area contributed by atoms with Crippen LogP contribution in [0.25, 0.3) is 0 Å². The number of carbonyl (C=O) groups is 2. The van der Waals surface area contributed by atoms with Gasteiger partial charge in [-0.2, -0.15) is 0 Å². The third-order valence-electron chi connectivity index (χ3n) is 4.07. The lowest BCUT2D eigenvalue weighted by molar-refractivity contribution is -0.124. The van der Waals surface area contributed by atoms with E-state index in [2.05, 4.69) is 28.1 Å². The normalized spacial score (nSPS) is 17.4. The molecule has 1 aliphatic rings. The van der Waals surface area contributed by atoms with Crippen molar-refractivity contribution in [2.75, 3.05) is 6.54 Å². The molecule has 3 N–H and O–H groups in total. The number of benzene rings is 1. The summed E-state index contributed by atoms with van der Waals surface area (Å²) < 4.78 is 0. The van der Waals surface area contributed by atoms with E-state index < -0.39 is 0 Å². The van der Waals surface area contributed by atoms with E-state index in [0.29, 0.717) is 25.9 Å². The number of carbonyl (C=O) groups excluding carboxylic acids is 2. The molecule has 1 aromatic carbocycles. The van der Waals surface area contributed by atoms with Crippen LogP contribution < -0.4 is 16.0 Å². The zero-order valence-corrected chi connectivity index (χ0v) is 14.5. The first-order valence-electron chi connectivity index (χ1n) is 7.97. The number of hydrogen-bond donors (Lipinski definition) is 3. The summed E-state index contributed by atoms with van der Waals surface area (Å²) in [7, 11) is 0. The van der Waals surface area contributed by atoms with Gasteiger partial charge in [-0.1, -0.05) is 31.2 Å². The Morgan fingerprint density at radius 3 is 2.70 bits per heavy atom. The maximum Gasteiger partial charge on any atom is 0.237 e. The molecular weight excluding hydrogens is 314 g/mol. The van der Waals surface area contributed by atoms with Crippen LogP contribution in [0.5, 0.6) is 0 Å². The van der Waals surface area contributed by atoms with E-state index >= 15 is 0 Å². The Morgan fingerprint density at radius 1 is 1.30 bits per heavy atom. The van der Waals surface area contributed by atoms with Gasteiger partial charge in [0.15, 0.2) is 0 Å². The van der Waals surface area contributed by atoms with Gasteiger partial charge in [-0.25, -0.2) is 0 Å². The molecule has 0 fully saturated rings. The van der Waals surface area contributed by atoms with Gasteiger partial charge in [-0.15, -0.1) is 12.4 Å². The highest BCUT2D eigenvalue weighted by Crippen LogP contribution is 2.16. The molecule has 1 aromatic rings. The quantitative estimate of drug-likeness (QED) is 0.736. The van der Waals surface area contributed by atoms with Crippen LogP contribution in [0.3, 0.4) is 0 Å². The van der Waals surface area contributed by atoms with Crippen molar-refractivity contribution < 1.29 is 9.59 Å². The molecule has 0 spiro atoms. The lowest BCUT2D eigenvalue weighted by Crippen LogP contribution is -2.48. The number of nitrogens with one attached hydrogen (secondary N) is 3. The molecule has 1 aliphatic heterocycles. The second kappa shape index (κ2) is 9.53. The van der Waals surface area contributed by atoms with Gasteiger partial charge >= 0.3 is 0 Å².